The molecule has 1 aliphatic rings. The van der Waals surface area contributed by atoms with Crippen LogP contribution >= 0.6 is 0 Å². The third kappa shape index (κ3) is 1.68. The molecule has 0 fully saturated rings. The zero-order chi connectivity index (χ0) is 8.27. The van der Waals surface area contributed by atoms with Crippen LogP contribution in [0.3, 0.4) is 0 Å². The van der Waals surface area contributed by atoms with Crippen molar-refractivity contribution in [3.05, 3.63) is 23.8 Å². The molecule has 0 heterocycles. The molecule has 0 radical (unpaired) electrons. The van der Waals surface area contributed by atoms with E-state index in [4.69, 9.17) is 10.4 Å². The molecule has 1 unspecified atom stereocenters. The number of hydrogen-bond acceptors (Lipinski definition) is 2. The van der Waals surface area contributed by atoms with Crippen molar-refractivity contribution in [3.63, 3.8) is 0 Å². The van der Waals surface area contributed by atoms with Crippen LogP contribution in [0.1, 0.15) is 6.42 Å². The van der Waals surface area contributed by atoms with Gasteiger partial charge in [-0.1, -0.05) is 12.2 Å². The summed E-state index contributed by atoms with van der Waals surface area (Å²) in [5.41, 5.74) is 0.544. The molecule has 0 aromatic rings. The summed E-state index contributed by atoms with van der Waals surface area (Å²) < 4.78 is 0. The number of carboxylic acids is 1. The maximum atomic E-state index is 10.4. The standard InChI is InChI=1S/C8H7NO2/c9-5-6-1-3-7(4-2-6)8(10)11/h1-3,7H,4H2,(H,10,11). The Kier molecular flexibility index (Phi) is 2.07. The molecular weight excluding hydrogens is 142 g/mol. The van der Waals surface area contributed by atoms with Crippen LogP contribution in [-0.4, -0.2) is 11.1 Å². The topological polar surface area (TPSA) is 61.1 Å². The molecule has 0 bridgehead atoms. The average Bonchev–Trinajstić information content (AvgIpc) is 2.05. The second kappa shape index (κ2) is 3.02. The minimum atomic E-state index is -0.838. The maximum absolute atomic E-state index is 10.4. The van der Waals surface area contributed by atoms with E-state index in [1.807, 2.05) is 6.07 Å². The average molecular weight is 149 g/mol. The number of nitriles is 1. The van der Waals surface area contributed by atoms with Gasteiger partial charge < -0.3 is 5.11 Å². The molecule has 0 saturated carbocycles. The van der Waals surface area contributed by atoms with Gasteiger partial charge in [0.05, 0.1) is 12.0 Å². The molecule has 1 rings (SSSR count). The number of hydrogen-bond donors (Lipinski definition) is 1. The van der Waals surface area contributed by atoms with Crippen LogP contribution < -0.4 is 0 Å². The van der Waals surface area contributed by atoms with Gasteiger partial charge in [0, 0.05) is 5.57 Å². The Balaban J connectivity index is 2.66. The first kappa shape index (κ1) is 7.55. The molecule has 0 saturated heterocycles. The number of carboxylic acid groups (broad SMARTS) is 1. The van der Waals surface area contributed by atoms with Gasteiger partial charge in [-0.25, -0.2) is 0 Å². The van der Waals surface area contributed by atoms with Crippen molar-refractivity contribution >= 4 is 5.97 Å². The van der Waals surface area contributed by atoms with Crippen molar-refractivity contribution in [1.82, 2.24) is 0 Å². The normalized spacial score (nSPS) is 22.1. The molecule has 1 N–H and O–H groups in total. The molecule has 0 aromatic carbocycles. The second-order valence-corrected chi connectivity index (χ2v) is 2.31. The Morgan fingerprint density at radius 1 is 1.82 bits per heavy atom. The van der Waals surface area contributed by atoms with E-state index < -0.39 is 11.9 Å². The predicted octanol–water partition coefficient (Wildman–Crippen LogP) is 1.10. The molecule has 0 spiro atoms. The third-order valence-corrected chi connectivity index (χ3v) is 1.55. The summed E-state index contributed by atoms with van der Waals surface area (Å²) in [5.74, 6) is -1.29. The van der Waals surface area contributed by atoms with Crippen molar-refractivity contribution in [1.29, 1.82) is 5.26 Å². The Hall–Kier alpha value is -1.56. The summed E-state index contributed by atoms with van der Waals surface area (Å²) in [4.78, 5) is 10.4. The van der Waals surface area contributed by atoms with E-state index in [2.05, 4.69) is 0 Å². The maximum Gasteiger partial charge on any atom is 0.310 e. The molecular formula is C8H7NO2. The van der Waals surface area contributed by atoms with Crippen molar-refractivity contribution in [3.8, 4) is 6.07 Å². The molecule has 3 nitrogen and oxygen atoms in total. The number of aliphatic carboxylic acids is 1. The molecule has 11 heavy (non-hydrogen) atoms. The number of nitrogens with zero attached hydrogens (tertiary/aromatic N) is 1. The summed E-state index contributed by atoms with van der Waals surface area (Å²) in [6.07, 6.45) is 5.15. The van der Waals surface area contributed by atoms with Gasteiger partial charge in [0.1, 0.15) is 0 Å². The van der Waals surface area contributed by atoms with Gasteiger partial charge in [-0.05, 0) is 12.5 Å². The highest BCUT2D eigenvalue weighted by Crippen LogP contribution is 2.15. The quantitative estimate of drug-likeness (QED) is 0.607. The van der Waals surface area contributed by atoms with Crippen molar-refractivity contribution in [2.24, 2.45) is 5.92 Å². The Bertz CT molecular complexity index is 270. The molecule has 0 amide bonds. The van der Waals surface area contributed by atoms with Gasteiger partial charge >= 0.3 is 5.97 Å². The van der Waals surface area contributed by atoms with Crippen molar-refractivity contribution < 1.29 is 9.90 Å². The fourth-order valence-corrected chi connectivity index (χ4v) is 0.886. The molecule has 0 aliphatic heterocycles. The lowest BCUT2D eigenvalue weighted by atomic mass is 9.98. The van der Waals surface area contributed by atoms with E-state index in [1.54, 1.807) is 18.2 Å². The lowest BCUT2D eigenvalue weighted by Crippen LogP contribution is -2.11. The fraction of sp³-hybridized carbons (Fsp3) is 0.250. The largest absolute Gasteiger partial charge is 0.481 e. The van der Waals surface area contributed by atoms with Crippen LogP contribution in [0.5, 0.6) is 0 Å². The molecule has 0 aromatic heterocycles. The molecule has 1 aliphatic carbocycles. The van der Waals surface area contributed by atoms with E-state index in [-0.39, 0.29) is 0 Å². The lowest BCUT2D eigenvalue weighted by Gasteiger charge is -2.07. The smallest absolute Gasteiger partial charge is 0.310 e. The fourth-order valence-electron chi connectivity index (χ4n) is 0.886. The van der Waals surface area contributed by atoms with Gasteiger partial charge in [-0.15, -0.1) is 0 Å². The number of allylic oxidation sites excluding steroid dienone is 3. The van der Waals surface area contributed by atoms with Crippen molar-refractivity contribution in [2.45, 2.75) is 6.42 Å². The highest BCUT2D eigenvalue weighted by Gasteiger charge is 2.14. The van der Waals surface area contributed by atoms with Gasteiger partial charge in [0.15, 0.2) is 0 Å². The van der Waals surface area contributed by atoms with Gasteiger partial charge in [-0.2, -0.15) is 5.26 Å². The minimum Gasteiger partial charge on any atom is -0.481 e. The van der Waals surface area contributed by atoms with E-state index in [1.165, 1.54) is 0 Å². The zero-order valence-corrected chi connectivity index (χ0v) is 5.82. The van der Waals surface area contributed by atoms with Crippen LogP contribution in [0.15, 0.2) is 23.8 Å². The van der Waals surface area contributed by atoms with E-state index >= 15 is 0 Å². The molecule has 3 heteroatoms. The zero-order valence-electron chi connectivity index (χ0n) is 5.82. The first-order chi connectivity index (χ1) is 5.24. The minimum absolute atomic E-state index is 0.425. The predicted molar refractivity (Wildman–Crippen MR) is 38.6 cm³/mol. The van der Waals surface area contributed by atoms with Gasteiger partial charge in [0.2, 0.25) is 0 Å². The van der Waals surface area contributed by atoms with E-state index in [0.29, 0.717) is 12.0 Å². The summed E-state index contributed by atoms with van der Waals surface area (Å²) >= 11 is 0. The number of rotatable bonds is 1. The summed E-state index contributed by atoms with van der Waals surface area (Å²) in [6.45, 7) is 0. The summed E-state index contributed by atoms with van der Waals surface area (Å²) in [7, 11) is 0. The Morgan fingerprint density at radius 3 is 2.91 bits per heavy atom. The Morgan fingerprint density at radius 2 is 2.55 bits per heavy atom. The first-order valence-corrected chi connectivity index (χ1v) is 3.25. The van der Waals surface area contributed by atoms with Gasteiger partial charge in [-0.3, -0.25) is 4.79 Å². The van der Waals surface area contributed by atoms with Crippen LogP contribution in [0, 0.1) is 17.2 Å². The van der Waals surface area contributed by atoms with Crippen LogP contribution in [0.25, 0.3) is 0 Å². The van der Waals surface area contributed by atoms with E-state index in [9.17, 15) is 4.79 Å². The number of carbonyl (C=O) groups is 1. The summed E-state index contributed by atoms with van der Waals surface area (Å²) in [5, 5.41) is 16.9. The second-order valence-electron chi connectivity index (χ2n) is 2.31. The first-order valence-electron chi connectivity index (χ1n) is 3.25. The van der Waals surface area contributed by atoms with Crippen LogP contribution in [0.2, 0.25) is 0 Å². The Labute approximate surface area is 64.3 Å². The molecule has 56 valence electrons. The summed E-state index contributed by atoms with van der Waals surface area (Å²) in [6, 6.07) is 1.94. The highest BCUT2D eigenvalue weighted by molar-refractivity contribution is 5.73. The van der Waals surface area contributed by atoms with Crippen LogP contribution in [-0.2, 0) is 4.79 Å². The van der Waals surface area contributed by atoms with Crippen LogP contribution in [0.4, 0.5) is 0 Å². The monoisotopic (exact) mass is 149 g/mol. The molecule has 1 atom stereocenters. The highest BCUT2D eigenvalue weighted by atomic mass is 16.4. The third-order valence-electron chi connectivity index (χ3n) is 1.55. The lowest BCUT2D eigenvalue weighted by molar-refractivity contribution is -0.139. The van der Waals surface area contributed by atoms with Crippen molar-refractivity contribution in [2.75, 3.05) is 0 Å². The van der Waals surface area contributed by atoms with Gasteiger partial charge in [0.25, 0.3) is 0 Å². The SMILES string of the molecule is N#CC1=CCC(C(=O)O)C=C1. The van der Waals surface area contributed by atoms with E-state index in [0.717, 1.165) is 0 Å².